The van der Waals surface area contributed by atoms with Crippen molar-refractivity contribution in [2.24, 2.45) is 0 Å². The summed E-state index contributed by atoms with van der Waals surface area (Å²) in [4.78, 5) is 11.6. The molecule has 2 aliphatic heterocycles. The van der Waals surface area contributed by atoms with E-state index in [1.54, 1.807) is 30.3 Å². The van der Waals surface area contributed by atoms with Gasteiger partial charge in [0.05, 0.1) is 4.90 Å². The minimum absolute atomic E-state index is 0.0518. The van der Waals surface area contributed by atoms with Crippen molar-refractivity contribution in [3.63, 3.8) is 0 Å². The summed E-state index contributed by atoms with van der Waals surface area (Å²) >= 11 is 0. The Morgan fingerprint density at radius 1 is 1.04 bits per heavy atom. The Kier molecular flexibility index (Phi) is 3.85. The van der Waals surface area contributed by atoms with Crippen LogP contribution < -0.4 is 19.5 Å². The van der Waals surface area contributed by atoms with E-state index in [1.165, 1.54) is 6.07 Å². The molecule has 0 atom stereocenters. The number of sulfonamides is 1. The standard InChI is InChI=1S/C17H16N2O5S/c20-17-6-2-12-8-13(3-4-14(12)19-17)25(21,22)18-9-11-1-5-15-16(7-11)24-10-23-15/h1,3-5,7-8,18H,2,6,9-10H2,(H,19,20). The zero-order valence-electron chi connectivity index (χ0n) is 13.2. The summed E-state index contributed by atoms with van der Waals surface area (Å²) in [5, 5.41) is 2.74. The molecular weight excluding hydrogens is 344 g/mol. The molecule has 2 aromatic carbocycles. The molecule has 0 saturated heterocycles. The average molecular weight is 360 g/mol. The van der Waals surface area contributed by atoms with Gasteiger partial charge in [0.25, 0.3) is 0 Å². The topological polar surface area (TPSA) is 93.7 Å². The number of carbonyl (C=O) groups excluding carboxylic acids is 1. The van der Waals surface area contributed by atoms with Crippen LogP contribution in [0, 0.1) is 0 Å². The van der Waals surface area contributed by atoms with E-state index in [4.69, 9.17) is 9.47 Å². The van der Waals surface area contributed by atoms with Gasteiger partial charge in [-0.1, -0.05) is 6.07 Å². The minimum Gasteiger partial charge on any atom is -0.454 e. The highest BCUT2D eigenvalue weighted by atomic mass is 32.2. The maximum absolute atomic E-state index is 12.5. The number of hydrogen-bond acceptors (Lipinski definition) is 5. The van der Waals surface area contributed by atoms with Crippen LogP contribution in [0.25, 0.3) is 0 Å². The van der Waals surface area contributed by atoms with Gasteiger partial charge in [0.1, 0.15) is 0 Å². The Labute approximate surface area is 145 Å². The lowest BCUT2D eigenvalue weighted by atomic mass is 10.0. The molecule has 2 aromatic rings. The highest BCUT2D eigenvalue weighted by Gasteiger charge is 2.20. The molecular formula is C17H16N2O5S. The maximum Gasteiger partial charge on any atom is 0.240 e. The van der Waals surface area contributed by atoms with Crippen molar-refractivity contribution < 1.29 is 22.7 Å². The lowest BCUT2D eigenvalue weighted by Gasteiger charge is -2.17. The van der Waals surface area contributed by atoms with Gasteiger partial charge in [0.2, 0.25) is 22.7 Å². The summed E-state index contributed by atoms with van der Waals surface area (Å²) in [5.41, 5.74) is 2.27. The largest absolute Gasteiger partial charge is 0.454 e. The number of benzene rings is 2. The quantitative estimate of drug-likeness (QED) is 0.867. The summed E-state index contributed by atoms with van der Waals surface area (Å²) < 4.78 is 38.2. The zero-order chi connectivity index (χ0) is 17.4. The van der Waals surface area contributed by atoms with E-state index in [9.17, 15) is 13.2 Å². The molecule has 0 saturated carbocycles. The third kappa shape index (κ3) is 3.18. The molecule has 8 heteroatoms. The number of hydrogen-bond donors (Lipinski definition) is 2. The second kappa shape index (κ2) is 6.05. The van der Waals surface area contributed by atoms with Gasteiger partial charge in [-0.15, -0.1) is 0 Å². The molecule has 0 aromatic heterocycles. The number of ether oxygens (including phenoxy) is 2. The molecule has 0 unspecified atom stereocenters. The average Bonchev–Trinajstić information content (AvgIpc) is 3.07. The first kappa shape index (κ1) is 15.9. The van der Waals surface area contributed by atoms with Crippen LogP contribution in [0.1, 0.15) is 17.5 Å². The highest BCUT2D eigenvalue weighted by molar-refractivity contribution is 7.89. The van der Waals surface area contributed by atoms with Crippen LogP contribution in [0.4, 0.5) is 5.69 Å². The molecule has 0 fully saturated rings. The lowest BCUT2D eigenvalue weighted by Crippen LogP contribution is -2.24. The Hall–Kier alpha value is -2.58. The summed E-state index contributed by atoms with van der Waals surface area (Å²) in [6.45, 7) is 0.322. The first-order valence-corrected chi connectivity index (χ1v) is 9.30. The Morgan fingerprint density at radius 3 is 2.76 bits per heavy atom. The zero-order valence-corrected chi connectivity index (χ0v) is 14.1. The summed E-state index contributed by atoms with van der Waals surface area (Å²) in [7, 11) is -3.65. The lowest BCUT2D eigenvalue weighted by molar-refractivity contribution is -0.116. The van der Waals surface area contributed by atoms with Crippen LogP contribution in [0.5, 0.6) is 11.5 Å². The first-order valence-electron chi connectivity index (χ1n) is 7.82. The van der Waals surface area contributed by atoms with Gasteiger partial charge in [0.15, 0.2) is 11.5 Å². The van der Waals surface area contributed by atoms with Crippen LogP contribution in [0.3, 0.4) is 0 Å². The molecule has 0 aliphatic carbocycles. The van der Waals surface area contributed by atoms with Gasteiger partial charge in [-0.2, -0.15) is 0 Å². The van der Waals surface area contributed by atoms with E-state index in [-0.39, 0.29) is 24.1 Å². The number of aryl methyl sites for hydroxylation is 1. The number of amides is 1. The number of fused-ring (bicyclic) bond motifs is 2. The van der Waals surface area contributed by atoms with Crippen molar-refractivity contribution in [1.29, 1.82) is 0 Å². The van der Waals surface area contributed by atoms with Gasteiger partial charge < -0.3 is 14.8 Å². The van der Waals surface area contributed by atoms with Gasteiger partial charge in [-0.25, -0.2) is 13.1 Å². The van der Waals surface area contributed by atoms with Crippen LogP contribution >= 0.6 is 0 Å². The van der Waals surface area contributed by atoms with Gasteiger partial charge in [-0.3, -0.25) is 4.79 Å². The SMILES string of the molecule is O=C1CCc2cc(S(=O)(=O)NCc3ccc4c(c3)OCO4)ccc2N1. The molecule has 4 rings (SSSR count). The minimum atomic E-state index is -3.65. The molecule has 0 bridgehead atoms. The number of rotatable bonds is 4. The van der Waals surface area contributed by atoms with Crippen molar-refractivity contribution in [2.75, 3.05) is 12.1 Å². The molecule has 130 valence electrons. The van der Waals surface area contributed by atoms with Crippen molar-refractivity contribution in [3.05, 3.63) is 47.5 Å². The smallest absolute Gasteiger partial charge is 0.240 e. The summed E-state index contributed by atoms with van der Waals surface area (Å²) in [5.74, 6) is 1.22. The summed E-state index contributed by atoms with van der Waals surface area (Å²) in [6.07, 6.45) is 0.897. The van der Waals surface area contributed by atoms with Crippen LogP contribution in [-0.2, 0) is 27.8 Å². The number of nitrogens with one attached hydrogen (secondary N) is 2. The molecule has 0 radical (unpaired) electrons. The van der Waals surface area contributed by atoms with E-state index >= 15 is 0 Å². The van der Waals surface area contributed by atoms with Crippen molar-refractivity contribution in [3.8, 4) is 11.5 Å². The van der Waals surface area contributed by atoms with Gasteiger partial charge in [-0.05, 0) is 47.9 Å². The molecule has 2 heterocycles. The molecule has 2 N–H and O–H groups in total. The van der Waals surface area contributed by atoms with Crippen molar-refractivity contribution >= 4 is 21.6 Å². The van der Waals surface area contributed by atoms with Crippen molar-refractivity contribution in [2.45, 2.75) is 24.3 Å². The highest BCUT2D eigenvalue weighted by Crippen LogP contribution is 2.32. The molecule has 25 heavy (non-hydrogen) atoms. The molecule has 7 nitrogen and oxygen atoms in total. The van der Waals surface area contributed by atoms with Crippen LogP contribution in [0.2, 0.25) is 0 Å². The van der Waals surface area contributed by atoms with E-state index in [1.807, 2.05) is 0 Å². The fourth-order valence-electron chi connectivity index (χ4n) is 2.84. The Morgan fingerprint density at radius 2 is 1.88 bits per heavy atom. The fraction of sp³-hybridized carbons (Fsp3) is 0.235. The molecule has 1 amide bonds. The maximum atomic E-state index is 12.5. The second-order valence-corrected chi connectivity index (χ2v) is 7.65. The predicted molar refractivity (Wildman–Crippen MR) is 90.0 cm³/mol. The normalized spacial score (nSPS) is 15.6. The molecule has 0 spiro atoms. The van der Waals surface area contributed by atoms with Crippen molar-refractivity contribution in [1.82, 2.24) is 4.72 Å². The Balaban J connectivity index is 1.51. The second-order valence-electron chi connectivity index (χ2n) is 5.88. The van der Waals surface area contributed by atoms with Gasteiger partial charge >= 0.3 is 0 Å². The monoisotopic (exact) mass is 360 g/mol. The van der Waals surface area contributed by atoms with Crippen LogP contribution in [0.15, 0.2) is 41.3 Å². The van der Waals surface area contributed by atoms with Crippen LogP contribution in [-0.4, -0.2) is 21.1 Å². The number of carbonyl (C=O) groups is 1. The van der Waals surface area contributed by atoms with Gasteiger partial charge in [0, 0.05) is 18.7 Å². The van der Waals surface area contributed by atoms with E-state index in [0.717, 1.165) is 11.1 Å². The third-order valence-corrected chi connectivity index (χ3v) is 5.58. The summed E-state index contributed by atoms with van der Waals surface area (Å²) in [6, 6.07) is 10.0. The molecule has 2 aliphatic rings. The number of anilines is 1. The van der Waals surface area contributed by atoms with E-state index in [2.05, 4.69) is 10.0 Å². The Bertz CT molecular complexity index is 956. The fourth-order valence-corrected chi connectivity index (χ4v) is 3.91. The first-order chi connectivity index (χ1) is 12.0. The predicted octanol–water partition coefficient (Wildman–Crippen LogP) is 1.78. The third-order valence-electron chi connectivity index (χ3n) is 4.19. The van der Waals surface area contributed by atoms with E-state index < -0.39 is 10.0 Å². The van der Waals surface area contributed by atoms with E-state index in [0.29, 0.717) is 30.0 Å².